The van der Waals surface area contributed by atoms with Crippen LogP contribution in [0, 0.1) is 0 Å². The number of hydrogen-bond donors (Lipinski definition) is 0. The van der Waals surface area contributed by atoms with Gasteiger partial charge in [0.1, 0.15) is 0 Å². The molecule has 0 aliphatic rings. The minimum atomic E-state index is -4.64. The molecule has 1 rings (SSSR count). The van der Waals surface area contributed by atoms with E-state index in [1.54, 1.807) is 11.3 Å². The van der Waals surface area contributed by atoms with Crippen LogP contribution >= 0.6 is 11.3 Å². The topological polar surface area (TPSA) is 17.1 Å². The predicted octanol–water partition coefficient (Wildman–Crippen LogP) is 3.52. The molecule has 0 fully saturated rings. The highest BCUT2D eigenvalue weighted by Crippen LogP contribution is 2.14. The van der Waals surface area contributed by atoms with Gasteiger partial charge < -0.3 is 0 Å². The SMILES string of the molecule is C.CC(=O)C(F)(F)F.c1ccsc1. The van der Waals surface area contributed by atoms with Gasteiger partial charge in [0.25, 0.3) is 0 Å². The molecule has 0 aliphatic carbocycles. The number of Topliss-reactive ketones (excluding diaryl/α,β-unsaturated/α-hetero) is 1. The molecule has 1 aromatic heterocycles. The Morgan fingerprint density at radius 1 is 1.23 bits per heavy atom. The fraction of sp³-hybridized carbons (Fsp3) is 0.375. The first kappa shape index (κ1) is 14.7. The van der Waals surface area contributed by atoms with Gasteiger partial charge in [-0.05, 0) is 10.8 Å². The fourth-order valence-electron chi connectivity index (χ4n) is 0.227. The fourth-order valence-corrected chi connectivity index (χ4v) is 0.680. The maximum Gasteiger partial charge on any atom is 0.449 e. The van der Waals surface area contributed by atoms with Crippen LogP contribution in [0.2, 0.25) is 0 Å². The van der Waals surface area contributed by atoms with Gasteiger partial charge in [0.2, 0.25) is 5.78 Å². The third kappa shape index (κ3) is 9.07. The summed E-state index contributed by atoms with van der Waals surface area (Å²) in [5.41, 5.74) is 0. The number of rotatable bonds is 0. The van der Waals surface area contributed by atoms with Gasteiger partial charge in [-0.2, -0.15) is 24.5 Å². The van der Waals surface area contributed by atoms with E-state index in [4.69, 9.17) is 0 Å². The number of thiophene rings is 1. The molecular formula is C8H11F3OS. The maximum atomic E-state index is 10.8. The third-order valence-electron chi connectivity index (χ3n) is 0.825. The van der Waals surface area contributed by atoms with Gasteiger partial charge in [0.05, 0.1) is 0 Å². The molecule has 5 heteroatoms. The summed E-state index contributed by atoms with van der Waals surface area (Å²) >= 11 is 1.71. The molecule has 0 atom stereocenters. The molecule has 0 N–H and O–H groups in total. The summed E-state index contributed by atoms with van der Waals surface area (Å²) in [5, 5.41) is 4.08. The minimum absolute atomic E-state index is 0. The van der Waals surface area contributed by atoms with E-state index in [1.807, 2.05) is 22.9 Å². The lowest BCUT2D eigenvalue weighted by Gasteiger charge is -1.95. The second-order valence-corrected chi connectivity index (χ2v) is 2.66. The van der Waals surface area contributed by atoms with E-state index >= 15 is 0 Å². The summed E-state index contributed by atoms with van der Waals surface area (Å²) in [4.78, 5) is 9.34. The van der Waals surface area contributed by atoms with Crippen LogP contribution in [-0.2, 0) is 4.79 Å². The largest absolute Gasteiger partial charge is 0.449 e. The van der Waals surface area contributed by atoms with Crippen molar-refractivity contribution in [2.45, 2.75) is 20.5 Å². The molecule has 1 heterocycles. The van der Waals surface area contributed by atoms with E-state index < -0.39 is 12.0 Å². The second kappa shape index (κ2) is 6.65. The lowest BCUT2D eigenvalue weighted by atomic mass is 10.5. The summed E-state index contributed by atoms with van der Waals surface area (Å²) in [5.74, 6) is -1.76. The molecule has 1 nitrogen and oxygen atoms in total. The van der Waals surface area contributed by atoms with Gasteiger partial charge in [0, 0.05) is 6.92 Å². The van der Waals surface area contributed by atoms with Crippen molar-refractivity contribution in [3.63, 3.8) is 0 Å². The lowest BCUT2D eigenvalue weighted by molar-refractivity contribution is -0.168. The Labute approximate surface area is 79.2 Å². The molecule has 0 amide bonds. The maximum absolute atomic E-state index is 10.8. The van der Waals surface area contributed by atoms with Gasteiger partial charge in [-0.15, -0.1) is 0 Å². The van der Waals surface area contributed by atoms with E-state index in [2.05, 4.69) is 0 Å². The number of ketones is 1. The van der Waals surface area contributed by atoms with Crippen LogP contribution in [0.1, 0.15) is 14.4 Å². The highest BCUT2D eigenvalue weighted by atomic mass is 32.1. The van der Waals surface area contributed by atoms with Crippen molar-refractivity contribution in [3.8, 4) is 0 Å². The zero-order valence-corrected chi connectivity index (χ0v) is 7.08. The van der Waals surface area contributed by atoms with Crippen LogP contribution in [0.4, 0.5) is 13.2 Å². The molecule has 0 saturated carbocycles. The Morgan fingerprint density at radius 2 is 1.54 bits per heavy atom. The average Bonchev–Trinajstić information content (AvgIpc) is 2.39. The van der Waals surface area contributed by atoms with E-state index in [9.17, 15) is 18.0 Å². The number of carbonyl (C=O) groups excluding carboxylic acids is 1. The van der Waals surface area contributed by atoms with E-state index in [1.165, 1.54) is 0 Å². The van der Waals surface area contributed by atoms with Crippen molar-refractivity contribution in [3.05, 3.63) is 22.9 Å². The molecule has 1 aromatic rings. The molecule has 0 spiro atoms. The van der Waals surface area contributed by atoms with Gasteiger partial charge in [-0.3, -0.25) is 4.79 Å². The Hall–Kier alpha value is -0.840. The molecule has 0 radical (unpaired) electrons. The molecule has 0 aliphatic heterocycles. The first-order chi connectivity index (χ1) is 5.44. The second-order valence-electron chi connectivity index (χ2n) is 1.85. The Morgan fingerprint density at radius 3 is 1.62 bits per heavy atom. The zero-order chi connectivity index (χ0) is 9.61. The van der Waals surface area contributed by atoms with Crippen LogP contribution in [0.15, 0.2) is 22.9 Å². The number of hydrogen-bond acceptors (Lipinski definition) is 2. The van der Waals surface area contributed by atoms with Crippen LogP contribution in [0.25, 0.3) is 0 Å². The highest BCUT2D eigenvalue weighted by Gasteiger charge is 2.33. The van der Waals surface area contributed by atoms with Crippen molar-refractivity contribution < 1.29 is 18.0 Å². The monoisotopic (exact) mass is 212 g/mol. The summed E-state index contributed by atoms with van der Waals surface area (Å²) in [6.45, 7) is 0.486. The van der Waals surface area contributed by atoms with Crippen molar-refractivity contribution in [1.29, 1.82) is 0 Å². The van der Waals surface area contributed by atoms with Gasteiger partial charge in [-0.25, -0.2) is 0 Å². The molecular weight excluding hydrogens is 201 g/mol. The van der Waals surface area contributed by atoms with Crippen molar-refractivity contribution in [2.24, 2.45) is 0 Å². The average molecular weight is 212 g/mol. The molecule has 0 unspecified atom stereocenters. The molecule has 0 bridgehead atoms. The van der Waals surface area contributed by atoms with Crippen LogP contribution < -0.4 is 0 Å². The summed E-state index contributed by atoms with van der Waals surface area (Å²) < 4.78 is 32.5. The van der Waals surface area contributed by atoms with E-state index in [0.717, 1.165) is 0 Å². The summed E-state index contributed by atoms with van der Waals surface area (Å²) in [6, 6.07) is 4.04. The highest BCUT2D eigenvalue weighted by molar-refractivity contribution is 7.07. The lowest BCUT2D eigenvalue weighted by Crippen LogP contribution is -2.18. The van der Waals surface area contributed by atoms with E-state index in [0.29, 0.717) is 6.92 Å². The number of carbonyl (C=O) groups is 1. The minimum Gasteiger partial charge on any atom is -0.290 e. The van der Waals surface area contributed by atoms with Gasteiger partial charge >= 0.3 is 6.18 Å². The first-order valence-electron chi connectivity index (χ1n) is 2.99. The quantitative estimate of drug-likeness (QED) is 0.643. The smallest absolute Gasteiger partial charge is 0.290 e. The van der Waals surface area contributed by atoms with Gasteiger partial charge in [0.15, 0.2) is 0 Å². The predicted molar refractivity (Wildman–Crippen MR) is 47.8 cm³/mol. The summed E-state index contributed by atoms with van der Waals surface area (Å²) in [7, 11) is 0. The van der Waals surface area contributed by atoms with Crippen molar-refractivity contribution >= 4 is 17.1 Å². The standard InChI is InChI=1S/C4H4S.C3H3F3O.CH4/c1-2-4-5-3-1;1-2(7)3(4,5)6;/h1-4H;1H3;1H4. The van der Waals surface area contributed by atoms with Crippen LogP contribution in [0.3, 0.4) is 0 Å². The molecule has 76 valence electrons. The van der Waals surface area contributed by atoms with Crippen LogP contribution in [-0.4, -0.2) is 12.0 Å². The molecule has 0 saturated heterocycles. The Kier molecular flexibility index (Phi) is 7.51. The summed E-state index contributed by atoms with van der Waals surface area (Å²) in [6.07, 6.45) is -4.64. The Bertz CT molecular complexity index is 199. The van der Waals surface area contributed by atoms with Crippen molar-refractivity contribution in [1.82, 2.24) is 0 Å². The van der Waals surface area contributed by atoms with E-state index in [-0.39, 0.29) is 7.43 Å². The number of halogens is 3. The zero-order valence-electron chi connectivity index (χ0n) is 6.26. The number of alkyl halides is 3. The van der Waals surface area contributed by atoms with Crippen molar-refractivity contribution in [2.75, 3.05) is 0 Å². The molecule has 13 heavy (non-hydrogen) atoms. The molecule has 0 aromatic carbocycles. The Balaban J connectivity index is 0. The third-order valence-corrected chi connectivity index (χ3v) is 1.45. The first-order valence-corrected chi connectivity index (χ1v) is 3.94. The van der Waals surface area contributed by atoms with Gasteiger partial charge in [-0.1, -0.05) is 19.6 Å². The van der Waals surface area contributed by atoms with Crippen LogP contribution in [0.5, 0.6) is 0 Å². The normalized spacial score (nSPS) is 9.23.